The molecule has 2 aromatic rings. The summed E-state index contributed by atoms with van der Waals surface area (Å²) in [5, 5.41) is 5.71. The molecule has 2 aromatic carbocycles. The monoisotopic (exact) mass is 446 g/mol. The summed E-state index contributed by atoms with van der Waals surface area (Å²) in [6, 6.07) is 15.3. The summed E-state index contributed by atoms with van der Waals surface area (Å²) >= 11 is 0. The Hall–Kier alpha value is -3.35. The van der Waals surface area contributed by atoms with Crippen molar-refractivity contribution in [1.29, 1.82) is 0 Å². The number of anilines is 2. The van der Waals surface area contributed by atoms with Crippen molar-refractivity contribution < 1.29 is 14.4 Å². The van der Waals surface area contributed by atoms with Gasteiger partial charge in [0.05, 0.1) is 0 Å². The second-order valence-electron chi connectivity index (χ2n) is 9.35. The Balaban J connectivity index is 1.21. The second kappa shape index (κ2) is 8.89. The maximum absolute atomic E-state index is 13.2. The van der Waals surface area contributed by atoms with Crippen LogP contribution in [0.1, 0.15) is 43.2 Å². The third kappa shape index (κ3) is 4.32. The van der Waals surface area contributed by atoms with Crippen molar-refractivity contribution in [3.05, 3.63) is 59.7 Å². The fourth-order valence-corrected chi connectivity index (χ4v) is 5.27. The molecule has 5 rings (SSSR count). The topological polar surface area (TPSA) is 81.8 Å². The van der Waals surface area contributed by atoms with E-state index in [2.05, 4.69) is 21.6 Å². The number of carbonyl (C=O) groups is 3. The summed E-state index contributed by atoms with van der Waals surface area (Å²) in [7, 11) is 0. The van der Waals surface area contributed by atoms with E-state index in [0.29, 0.717) is 18.5 Å². The standard InChI is InChI=1S/C26H30N4O3/c31-23(27-21-9-11-22(12-10-21)29-15-5-1-2-6-16-29)18-30-24(32)26(28-25(30)33)14-13-19-7-3-4-8-20(19)17-26/h3-4,7-12H,1-2,5-6,13-18H2,(H,27,31)(H,28,33). The van der Waals surface area contributed by atoms with Crippen LogP contribution in [0.5, 0.6) is 0 Å². The number of nitrogens with one attached hydrogen (secondary N) is 2. The highest BCUT2D eigenvalue weighted by atomic mass is 16.2. The number of rotatable bonds is 4. The molecule has 2 heterocycles. The maximum atomic E-state index is 13.2. The molecule has 2 N–H and O–H groups in total. The van der Waals surface area contributed by atoms with Gasteiger partial charge in [-0.25, -0.2) is 4.79 Å². The van der Waals surface area contributed by atoms with Crippen molar-refractivity contribution in [2.24, 2.45) is 0 Å². The number of hydrogen-bond acceptors (Lipinski definition) is 4. The van der Waals surface area contributed by atoms with Gasteiger partial charge in [0.2, 0.25) is 5.91 Å². The molecule has 3 aliphatic rings. The van der Waals surface area contributed by atoms with Gasteiger partial charge in [0, 0.05) is 30.9 Å². The number of amides is 4. The molecule has 1 spiro atoms. The van der Waals surface area contributed by atoms with E-state index >= 15 is 0 Å². The van der Waals surface area contributed by atoms with E-state index in [0.717, 1.165) is 35.7 Å². The van der Waals surface area contributed by atoms with Gasteiger partial charge in [-0.05, 0) is 61.1 Å². The van der Waals surface area contributed by atoms with Crippen LogP contribution < -0.4 is 15.5 Å². The number of benzene rings is 2. The fraction of sp³-hybridized carbons (Fsp3) is 0.423. The Morgan fingerprint density at radius 1 is 0.939 bits per heavy atom. The molecule has 1 unspecified atom stereocenters. The molecule has 1 atom stereocenters. The van der Waals surface area contributed by atoms with Gasteiger partial charge < -0.3 is 15.5 Å². The lowest BCUT2D eigenvalue weighted by atomic mass is 9.78. The summed E-state index contributed by atoms with van der Waals surface area (Å²) in [5.74, 6) is -0.692. The molecule has 0 aromatic heterocycles. The Morgan fingerprint density at radius 3 is 2.36 bits per heavy atom. The number of fused-ring (bicyclic) bond motifs is 1. The molecular formula is C26H30N4O3. The fourth-order valence-electron chi connectivity index (χ4n) is 5.27. The minimum absolute atomic E-state index is 0.290. The van der Waals surface area contributed by atoms with Gasteiger partial charge in [-0.15, -0.1) is 0 Å². The quantitative estimate of drug-likeness (QED) is 0.705. The number of hydrogen-bond donors (Lipinski definition) is 2. The van der Waals surface area contributed by atoms with Crippen molar-refractivity contribution in [2.45, 2.75) is 50.5 Å². The first-order valence-electron chi connectivity index (χ1n) is 11.9. The van der Waals surface area contributed by atoms with Crippen LogP contribution in [-0.4, -0.2) is 47.9 Å². The van der Waals surface area contributed by atoms with Crippen LogP contribution in [0.15, 0.2) is 48.5 Å². The van der Waals surface area contributed by atoms with E-state index in [1.54, 1.807) is 0 Å². The van der Waals surface area contributed by atoms with E-state index in [1.807, 2.05) is 42.5 Å². The lowest BCUT2D eigenvalue weighted by molar-refractivity contribution is -0.134. The third-order valence-electron chi connectivity index (χ3n) is 7.10. The van der Waals surface area contributed by atoms with Gasteiger partial charge in [-0.2, -0.15) is 0 Å². The molecule has 2 fully saturated rings. The van der Waals surface area contributed by atoms with Crippen LogP contribution in [-0.2, 0) is 22.4 Å². The van der Waals surface area contributed by atoms with Crippen LogP contribution in [0, 0.1) is 0 Å². The molecule has 2 saturated heterocycles. The summed E-state index contributed by atoms with van der Waals surface area (Å²) in [6.07, 6.45) is 6.71. The highest BCUT2D eigenvalue weighted by Crippen LogP contribution is 2.33. The first-order valence-corrected chi connectivity index (χ1v) is 11.9. The zero-order valence-electron chi connectivity index (χ0n) is 18.8. The molecule has 0 saturated carbocycles. The lowest BCUT2D eigenvalue weighted by Crippen LogP contribution is -2.51. The SMILES string of the molecule is O=C(CN1C(=O)NC2(CCc3ccccc3C2)C1=O)Nc1ccc(N2CCCCCC2)cc1. The lowest BCUT2D eigenvalue weighted by Gasteiger charge is -2.32. The average molecular weight is 447 g/mol. The van der Waals surface area contributed by atoms with E-state index < -0.39 is 11.6 Å². The predicted molar refractivity (Wildman–Crippen MR) is 127 cm³/mol. The normalized spacial score (nSPS) is 22.7. The van der Waals surface area contributed by atoms with Gasteiger partial charge in [0.1, 0.15) is 12.1 Å². The summed E-state index contributed by atoms with van der Waals surface area (Å²) in [6.45, 7) is 1.83. The van der Waals surface area contributed by atoms with Crippen molar-refractivity contribution in [1.82, 2.24) is 10.2 Å². The van der Waals surface area contributed by atoms with Crippen molar-refractivity contribution in [2.75, 3.05) is 29.9 Å². The Morgan fingerprint density at radius 2 is 1.64 bits per heavy atom. The van der Waals surface area contributed by atoms with Gasteiger partial charge in [-0.3, -0.25) is 14.5 Å². The minimum atomic E-state index is -0.944. The summed E-state index contributed by atoms with van der Waals surface area (Å²) in [4.78, 5) is 41.9. The Kier molecular flexibility index (Phi) is 5.79. The van der Waals surface area contributed by atoms with Gasteiger partial charge >= 0.3 is 6.03 Å². The van der Waals surface area contributed by atoms with Crippen LogP contribution in [0.3, 0.4) is 0 Å². The molecule has 4 amide bonds. The molecule has 2 aliphatic heterocycles. The number of nitrogens with zero attached hydrogens (tertiary/aromatic N) is 2. The first-order chi connectivity index (χ1) is 16.0. The Bertz CT molecular complexity index is 1060. The molecule has 0 radical (unpaired) electrons. The van der Waals surface area contributed by atoms with Gasteiger partial charge in [-0.1, -0.05) is 37.1 Å². The van der Waals surface area contributed by atoms with Crippen molar-refractivity contribution in [3.8, 4) is 0 Å². The molecule has 172 valence electrons. The van der Waals surface area contributed by atoms with Crippen LogP contribution >= 0.6 is 0 Å². The van der Waals surface area contributed by atoms with Gasteiger partial charge in [0.15, 0.2) is 0 Å². The van der Waals surface area contributed by atoms with Crippen molar-refractivity contribution in [3.63, 3.8) is 0 Å². The molecular weight excluding hydrogens is 416 g/mol. The minimum Gasteiger partial charge on any atom is -0.372 e. The van der Waals surface area contributed by atoms with Gasteiger partial charge in [0.25, 0.3) is 5.91 Å². The summed E-state index contributed by atoms with van der Waals surface area (Å²) in [5.41, 5.74) is 3.16. The first kappa shape index (κ1) is 21.5. The van der Waals surface area contributed by atoms with E-state index in [4.69, 9.17) is 0 Å². The number of urea groups is 1. The highest BCUT2D eigenvalue weighted by Gasteiger charge is 2.52. The molecule has 33 heavy (non-hydrogen) atoms. The Labute approximate surface area is 194 Å². The maximum Gasteiger partial charge on any atom is 0.325 e. The van der Waals surface area contributed by atoms with Crippen molar-refractivity contribution >= 4 is 29.2 Å². The van der Waals surface area contributed by atoms with Crippen LogP contribution in [0.4, 0.5) is 16.2 Å². The second-order valence-corrected chi connectivity index (χ2v) is 9.35. The zero-order valence-corrected chi connectivity index (χ0v) is 18.8. The van der Waals surface area contributed by atoms with E-state index in [1.165, 1.54) is 31.2 Å². The molecule has 1 aliphatic carbocycles. The average Bonchev–Trinajstić information content (AvgIpc) is 3.02. The third-order valence-corrected chi connectivity index (χ3v) is 7.10. The summed E-state index contributed by atoms with van der Waals surface area (Å²) < 4.78 is 0. The molecule has 0 bridgehead atoms. The number of aryl methyl sites for hydroxylation is 1. The smallest absolute Gasteiger partial charge is 0.325 e. The van der Waals surface area contributed by atoms with E-state index in [-0.39, 0.29) is 18.4 Å². The predicted octanol–water partition coefficient (Wildman–Crippen LogP) is 3.49. The van der Waals surface area contributed by atoms with E-state index in [9.17, 15) is 14.4 Å². The van der Waals surface area contributed by atoms with Crippen LogP contribution in [0.2, 0.25) is 0 Å². The number of imide groups is 1. The molecule has 7 nitrogen and oxygen atoms in total. The highest BCUT2D eigenvalue weighted by molar-refractivity contribution is 6.10. The number of carbonyl (C=O) groups excluding carboxylic acids is 3. The zero-order chi connectivity index (χ0) is 22.8. The molecule has 7 heteroatoms. The largest absolute Gasteiger partial charge is 0.372 e. The van der Waals surface area contributed by atoms with Crippen LogP contribution in [0.25, 0.3) is 0 Å².